The number of ether oxygens (including phenoxy) is 1. The molecule has 2 aromatic carbocycles. The Morgan fingerprint density at radius 3 is 2.53 bits per heavy atom. The molecule has 17 heavy (non-hydrogen) atoms. The smallest absolute Gasteiger partial charge is 0.202 e. The molecule has 0 saturated heterocycles. The molecule has 0 radical (unpaired) electrons. The lowest BCUT2D eigenvalue weighted by Crippen LogP contribution is -1.88. The molecule has 0 heterocycles. The maximum atomic E-state index is 10.9. The standard InChI is InChI=1S/C15H12O2/c1-11(16)9-10-13-6-3-5-12-7-4-8-14(17-2)15(12)13/h3-8H,1-2H3. The summed E-state index contributed by atoms with van der Waals surface area (Å²) in [4.78, 5) is 10.9. The Labute approximate surface area is 100 Å². The van der Waals surface area contributed by atoms with Crippen LogP contribution in [0.2, 0.25) is 0 Å². The lowest BCUT2D eigenvalue weighted by molar-refractivity contribution is -0.111. The Bertz CT molecular complexity index is 625. The van der Waals surface area contributed by atoms with Gasteiger partial charge in [0.1, 0.15) is 5.75 Å². The fourth-order valence-electron chi connectivity index (χ4n) is 1.74. The third-order valence-electron chi connectivity index (χ3n) is 2.46. The van der Waals surface area contributed by atoms with Gasteiger partial charge in [0.05, 0.1) is 7.11 Å². The van der Waals surface area contributed by atoms with E-state index in [2.05, 4.69) is 11.8 Å². The third kappa shape index (κ3) is 2.29. The summed E-state index contributed by atoms with van der Waals surface area (Å²) in [5, 5.41) is 2.01. The van der Waals surface area contributed by atoms with E-state index in [0.717, 1.165) is 22.1 Å². The minimum atomic E-state index is -0.142. The average Bonchev–Trinajstić information content (AvgIpc) is 2.35. The van der Waals surface area contributed by atoms with Crippen molar-refractivity contribution in [3.8, 4) is 17.6 Å². The van der Waals surface area contributed by atoms with Gasteiger partial charge in [-0.05, 0) is 23.4 Å². The zero-order valence-electron chi connectivity index (χ0n) is 9.78. The largest absolute Gasteiger partial charge is 0.496 e. The number of methoxy groups -OCH3 is 1. The molecular weight excluding hydrogens is 212 g/mol. The second-order valence-electron chi connectivity index (χ2n) is 3.67. The summed E-state index contributed by atoms with van der Waals surface area (Å²) >= 11 is 0. The number of hydrogen-bond donors (Lipinski definition) is 0. The van der Waals surface area contributed by atoms with Gasteiger partial charge in [-0.3, -0.25) is 4.79 Å². The summed E-state index contributed by atoms with van der Waals surface area (Å²) in [5.41, 5.74) is 0.815. The van der Waals surface area contributed by atoms with Crippen molar-refractivity contribution in [1.82, 2.24) is 0 Å². The van der Waals surface area contributed by atoms with Crippen molar-refractivity contribution >= 4 is 16.6 Å². The molecule has 0 atom stereocenters. The van der Waals surface area contributed by atoms with Crippen LogP contribution in [0.3, 0.4) is 0 Å². The van der Waals surface area contributed by atoms with Crippen LogP contribution in [0.1, 0.15) is 12.5 Å². The quantitative estimate of drug-likeness (QED) is 0.696. The summed E-state index contributed by atoms with van der Waals surface area (Å²) in [6.07, 6.45) is 0. The van der Waals surface area contributed by atoms with Crippen molar-refractivity contribution in [2.75, 3.05) is 7.11 Å². The van der Waals surface area contributed by atoms with Crippen LogP contribution in [0.4, 0.5) is 0 Å². The SMILES string of the molecule is COc1cccc2cccc(C#CC(C)=O)c12. The van der Waals surface area contributed by atoms with Crippen molar-refractivity contribution in [3.63, 3.8) is 0 Å². The molecular formula is C15H12O2. The molecule has 0 spiro atoms. The summed E-state index contributed by atoms with van der Waals surface area (Å²) < 4.78 is 5.32. The first-order valence-electron chi connectivity index (χ1n) is 5.30. The van der Waals surface area contributed by atoms with Crippen LogP contribution in [0, 0.1) is 11.8 Å². The highest BCUT2D eigenvalue weighted by molar-refractivity contribution is 5.97. The van der Waals surface area contributed by atoms with Gasteiger partial charge in [-0.1, -0.05) is 30.2 Å². The van der Waals surface area contributed by atoms with Crippen molar-refractivity contribution < 1.29 is 9.53 Å². The van der Waals surface area contributed by atoms with Crippen LogP contribution in [0.25, 0.3) is 10.8 Å². The first kappa shape index (κ1) is 11.2. The first-order chi connectivity index (χ1) is 8.22. The van der Waals surface area contributed by atoms with Crippen LogP contribution in [-0.2, 0) is 4.79 Å². The monoisotopic (exact) mass is 224 g/mol. The van der Waals surface area contributed by atoms with Gasteiger partial charge < -0.3 is 4.74 Å². The van der Waals surface area contributed by atoms with E-state index in [1.165, 1.54) is 6.92 Å². The number of ketones is 1. The van der Waals surface area contributed by atoms with Crippen molar-refractivity contribution in [2.24, 2.45) is 0 Å². The van der Waals surface area contributed by atoms with E-state index in [9.17, 15) is 4.79 Å². The van der Waals surface area contributed by atoms with Gasteiger partial charge in [-0.15, -0.1) is 0 Å². The van der Waals surface area contributed by atoms with Crippen molar-refractivity contribution in [1.29, 1.82) is 0 Å². The number of carbonyl (C=O) groups is 1. The molecule has 0 bridgehead atoms. The van der Waals surface area contributed by atoms with Gasteiger partial charge in [0.2, 0.25) is 5.78 Å². The topological polar surface area (TPSA) is 26.3 Å². The Morgan fingerprint density at radius 1 is 1.18 bits per heavy atom. The summed E-state index contributed by atoms with van der Waals surface area (Å²) in [7, 11) is 1.63. The first-order valence-corrected chi connectivity index (χ1v) is 5.30. The number of benzene rings is 2. The van der Waals surface area contributed by atoms with E-state index in [1.54, 1.807) is 7.11 Å². The van der Waals surface area contributed by atoms with Gasteiger partial charge in [0.15, 0.2) is 0 Å². The molecule has 0 N–H and O–H groups in total. The molecule has 2 heteroatoms. The second-order valence-corrected chi connectivity index (χ2v) is 3.67. The Balaban J connectivity index is 2.72. The van der Waals surface area contributed by atoms with Gasteiger partial charge in [-0.2, -0.15) is 0 Å². The number of carbonyl (C=O) groups excluding carboxylic acids is 1. The predicted octanol–water partition coefficient (Wildman–Crippen LogP) is 2.79. The molecule has 0 aliphatic rings. The van der Waals surface area contributed by atoms with E-state index in [1.807, 2.05) is 36.4 Å². The maximum Gasteiger partial charge on any atom is 0.202 e. The number of rotatable bonds is 1. The average molecular weight is 224 g/mol. The molecule has 2 rings (SSSR count). The Morgan fingerprint density at radius 2 is 1.88 bits per heavy atom. The molecule has 2 aromatic rings. The van der Waals surface area contributed by atoms with Gasteiger partial charge in [0.25, 0.3) is 0 Å². The maximum absolute atomic E-state index is 10.9. The third-order valence-corrected chi connectivity index (χ3v) is 2.46. The molecule has 84 valence electrons. The minimum absolute atomic E-state index is 0.142. The molecule has 0 aromatic heterocycles. The van der Waals surface area contributed by atoms with Crippen LogP contribution in [0.15, 0.2) is 36.4 Å². The zero-order chi connectivity index (χ0) is 12.3. The number of Topliss-reactive ketones (excluding diaryl/α,β-unsaturated/α-hetero) is 1. The van der Waals surface area contributed by atoms with E-state index in [4.69, 9.17) is 4.74 Å². The van der Waals surface area contributed by atoms with Crippen LogP contribution in [0.5, 0.6) is 5.75 Å². The summed E-state index contributed by atoms with van der Waals surface area (Å²) in [6, 6.07) is 11.6. The highest BCUT2D eigenvalue weighted by Gasteiger charge is 2.04. The molecule has 0 saturated carbocycles. The highest BCUT2D eigenvalue weighted by Crippen LogP contribution is 2.28. The van der Waals surface area contributed by atoms with E-state index < -0.39 is 0 Å². The highest BCUT2D eigenvalue weighted by atomic mass is 16.5. The lowest BCUT2D eigenvalue weighted by Gasteiger charge is -2.06. The molecule has 0 aliphatic carbocycles. The van der Waals surface area contributed by atoms with E-state index in [-0.39, 0.29) is 5.78 Å². The van der Waals surface area contributed by atoms with Gasteiger partial charge in [0, 0.05) is 17.9 Å². The molecule has 2 nitrogen and oxygen atoms in total. The van der Waals surface area contributed by atoms with E-state index >= 15 is 0 Å². The summed E-state index contributed by atoms with van der Waals surface area (Å²) in [5.74, 6) is 6.08. The lowest BCUT2D eigenvalue weighted by atomic mass is 10.0. The fraction of sp³-hybridized carbons (Fsp3) is 0.133. The van der Waals surface area contributed by atoms with Crippen molar-refractivity contribution in [2.45, 2.75) is 6.92 Å². The Kier molecular flexibility index (Phi) is 3.11. The number of hydrogen-bond acceptors (Lipinski definition) is 2. The minimum Gasteiger partial charge on any atom is -0.496 e. The van der Waals surface area contributed by atoms with Crippen LogP contribution in [-0.4, -0.2) is 12.9 Å². The number of fused-ring (bicyclic) bond motifs is 1. The zero-order valence-corrected chi connectivity index (χ0v) is 9.78. The van der Waals surface area contributed by atoms with E-state index in [0.29, 0.717) is 0 Å². The van der Waals surface area contributed by atoms with Crippen LogP contribution >= 0.6 is 0 Å². The normalized spacial score (nSPS) is 9.53. The molecule has 0 aliphatic heterocycles. The Hall–Kier alpha value is -2.27. The van der Waals surface area contributed by atoms with Crippen LogP contribution < -0.4 is 4.74 Å². The second kappa shape index (κ2) is 4.71. The summed E-state index contributed by atoms with van der Waals surface area (Å²) in [6.45, 7) is 1.45. The van der Waals surface area contributed by atoms with Crippen molar-refractivity contribution in [3.05, 3.63) is 42.0 Å². The fourth-order valence-corrected chi connectivity index (χ4v) is 1.74. The molecule has 0 unspecified atom stereocenters. The van der Waals surface area contributed by atoms with Gasteiger partial charge in [-0.25, -0.2) is 0 Å². The van der Waals surface area contributed by atoms with Gasteiger partial charge >= 0.3 is 0 Å². The predicted molar refractivity (Wildman–Crippen MR) is 68.1 cm³/mol. The molecule has 0 amide bonds. The molecule has 0 fully saturated rings.